The summed E-state index contributed by atoms with van der Waals surface area (Å²) in [7, 11) is 0. The third-order valence-corrected chi connectivity index (χ3v) is 3.40. The van der Waals surface area contributed by atoms with Gasteiger partial charge in [0, 0.05) is 16.4 Å². The van der Waals surface area contributed by atoms with Crippen molar-refractivity contribution < 1.29 is 27.9 Å². The third-order valence-electron chi connectivity index (χ3n) is 3.15. The molecule has 0 heterocycles. The fraction of sp³-hybridized carbons (Fsp3) is 0.375. The number of nitrogens with two attached hydrogens (primary N) is 1. The van der Waals surface area contributed by atoms with Crippen molar-refractivity contribution in [3.05, 3.63) is 46.0 Å². The maximum Gasteiger partial charge on any atom is 0.416 e. The summed E-state index contributed by atoms with van der Waals surface area (Å²) < 4.78 is 37.2. The van der Waals surface area contributed by atoms with Crippen LogP contribution < -0.4 is 5.73 Å². The number of hydrogen-bond donors (Lipinski definition) is 3. The number of alkyl halides is 3. The maximum absolute atomic E-state index is 12.4. The zero-order chi connectivity index (χ0) is 19.1. The van der Waals surface area contributed by atoms with Gasteiger partial charge in [0.15, 0.2) is 5.78 Å². The Bertz CT molecular complexity index is 623. The van der Waals surface area contributed by atoms with Crippen molar-refractivity contribution in [2.24, 2.45) is 11.7 Å². The molecule has 8 heteroatoms. The Kier molecular flexibility index (Phi) is 8.60. The minimum atomic E-state index is -4.40. The summed E-state index contributed by atoms with van der Waals surface area (Å²) >= 11 is 3.71. The Morgan fingerprint density at radius 1 is 1.33 bits per heavy atom. The monoisotopic (exact) mass is 363 g/mol. The molecule has 134 valence electrons. The van der Waals surface area contributed by atoms with Crippen LogP contribution in [0.2, 0.25) is 0 Å². The van der Waals surface area contributed by atoms with Crippen LogP contribution in [0.25, 0.3) is 0 Å². The maximum atomic E-state index is 12.4. The molecule has 1 aromatic rings. The predicted octanol–water partition coefficient (Wildman–Crippen LogP) is 4.13. The largest absolute Gasteiger partial charge is 0.477 e. The van der Waals surface area contributed by atoms with Gasteiger partial charge in [-0.25, -0.2) is 4.79 Å². The first-order chi connectivity index (χ1) is 10.9. The normalized spacial score (nSPS) is 13.3. The van der Waals surface area contributed by atoms with E-state index in [1.165, 1.54) is 19.1 Å². The van der Waals surface area contributed by atoms with Gasteiger partial charge < -0.3 is 10.8 Å². The average molecular weight is 363 g/mol. The molecule has 0 aliphatic heterocycles. The van der Waals surface area contributed by atoms with E-state index in [1.54, 1.807) is 6.92 Å². The molecule has 0 fully saturated rings. The van der Waals surface area contributed by atoms with E-state index in [4.69, 9.17) is 10.8 Å². The van der Waals surface area contributed by atoms with E-state index < -0.39 is 17.7 Å². The molecule has 0 aliphatic rings. The summed E-state index contributed by atoms with van der Waals surface area (Å²) in [5.41, 5.74) is 4.11. The number of rotatable bonds is 4. The van der Waals surface area contributed by atoms with E-state index in [2.05, 4.69) is 12.6 Å². The van der Waals surface area contributed by atoms with Gasteiger partial charge in [-0.3, -0.25) is 4.79 Å². The summed E-state index contributed by atoms with van der Waals surface area (Å²) in [6.07, 6.45) is -3.78. The summed E-state index contributed by atoms with van der Waals surface area (Å²) in [5.74, 6) is -1.62. The number of carboxylic acid groups (broad SMARTS) is 1. The lowest BCUT2D eigenvalue weighted by molar-refractivity contribution is -0.137. The number of thiol groups is 1. The molecule has 0 aromatic heterocycles. The van der Waals surface area contributed by atoms with Crippen LogP contribution >= 0.6 is 12.6 Å². The average Bonchev–Trinajstić information content (AvgIpc) is 2.52. The number of carbonyl (C=O) groups excluding carboxylic acids is 1. The first-order valence-corrected chi connectivity index (χ1v) is 7.46. The number of aliphatic carboxylic acids is 1. The summed E-state index contributed by atoms with van der Waals surface area (Å²) in [5, 5.41) is 8.12. The minimum absolute atomic E-state index is 0.129. The molecule has 1 atom stereocenters. The lowest BCUT2D eigenvalue weighted by atomic mass is 9.96. The van der Waals surface area contributed by atoms with Gasteiger partial charge in [-0.2, -0.15) is 13.2 Å². The van der Waals surface area contributed by atoms with Crippen molar-refractivity contribution in [2.75, 3.05) is 0 Å². The van der Waals surface area contributed by atoms with Gasteiger partial charge in [0.2, 0.25) is 0 Å². The number of carbonyl (C=O) groups is 2. The Morgan fingerprint density at radius 3 is 2.21 bits per heavy atom. The van der Waals surface area contributed by atoms with Gasteiger partial charge in [0.05, 0.1) is 5.56 Å². The number of carboxylic acids is 1. The molecule has 0 amide bonds. The highest BCUT2D eigenvalue weighted by Crippen LogP contribution is 2.30. The lowest BCUT2D eigenvalue weighted by Gasteiger charge is -2.10. The van der Waals surface area contributed by atoms with Crippen molar-refractivity contribution in [3.63, 3.8) is 0 Å². The number of allylic oxidation sites excluding steroid dienone is 1. The Morgan fingerprint density at radius 2 is 1.88 bits per heavy atom. The summed E-state index contributed by atoms with van der Waals surface area (Å²) in [4.78, 5) is 21.9. The first kappa shape index (κ1) is 22.0. The quantitative estimate of drug-likeness (QED) is 0.427. The number of benzene rings is 1. The van der Waals surface area contributed by atoms with Crippen LogP contribution in [0.3, 0.4) is 0 Å². The standard InChI is InChI=1S/C12H13F3O.C4H7NO2S/c1-3-8(2)11(16)9-5-4-6-10(7-9)12(13,14)15;1-2(8)3(5)4(6)7/h4-8H,3H2,1-2H3;8H,5H2,1H3,(H,6,7)/b;3-2-. The minimum Gasteiger partial charge on any atom is -0.477 e. The van der Waals surface area contributed by atoms with Crippen LogP contribution in [0.1, 0.15) is 43.1 Å². The molecule has 4 nitrogen and oxygen atoms in total. The number of Topliss-reactive ketones (excluding diaryl/α,β-unsaturated/α-hetero) is 1. The highest BCUT2D eigenvalue weighted by Gasteiger charge is 2.31. The Labute approximate surface area is 144 Å². The molecule has 1 unspecified atom stereocenters. The predicted molar refractivity (Wildman–Crippen MR) is 88.7 cm³/mol. The highest BCUT2D eigenvalue weighted by molar-refractivity contribution is 7.84. The molecule has 0 spiro atoms. The van der Waals surface area contributed by atoms with Crippen molar-refractivity contribution >= 4 is 24.4 Å². The molecule has 0 saturated carbocycles. The topological polar surface area (TPSA) is 80.4 Å². The fourth-order valence-electron chi connectivity index (χ4n) is 1.47. The van der Waals surface area contributed by atoms with Gasteiger partial charge in [0.25, 0.3) is 0 Å². The molecule has 1 rings (SSSR count). The number of hydrogen-bond acceptors (Lipinski definition) is 4. The molecule has 3 N–H and O–H groups in total. The van der Waals surface area contributed by atoms with Crippen LogP contribution in [-0.2, 0) is 11.0 Å². The van der Waals surface area contributed by atoms with E-state index >= 15 is 0 Å². The van der Waals surface area contributed by atoms with Gasteiger partial charge >= 0.3 is 12.1 Å². The number of halogens is 3. The van der Waals surface area contributed by atoms with Crippen molar-refractivity contribution in [1.82, 2.24) is 0 Å². The highest BCUT2D eigenvalue weighted by atomic mass is 32.1. The second-order valence-electron chi connectivity index (χ2n) is 5.06. The van der Waals surface area contributed by atoms with Gasteiger partial charge in [-0.1, -0.05) is 26.0 Å². The third kappa shape index (κ3) is 7.08. The molecule has 0 bridgehead atoms. The summed E-state index contributed by atoms with van der Waals surface area (Å²) in [6, 6.07) is 4.56. The van der Waals surface area contributed by atoms with Gasteiger partial charge in [-0.15, -0.1) is 12.6 Å². The molecule has 0 radical (unpaired) electrons. The summed E-state index contributed by atoms with van der Waals surface area (Å²) in [6.45, 7) is 5.06. The second-order valence-corrected chi connectivity index (χ2v) is 5.73. The van der Waals surface area contributed by atoms with E-state index in [9.17, 15) is 22.8 Å². The lowest BCUT2D eigenvalue weighted by Crippen LogP contribution is -2.12. The van der Waals surface area contributed by atoms with E-state index in [1.807, 2.05) is 6.92 Å². The molecule has 0 saturated heterocycles. The smallest absolute Gasteiger partial charge is 0.416 e. The molecular weight excluding hydrogens is 343 g/mol. The molecular formula is C16H20F3NO3S. The molecule has 24 heavy (non-hydrogen) atoms. The van der Waals surface area contributed by atoms with E-state index in [0.29, 0.717) is 11.3 Å². The van der Waals surface area contributed by atoms with Crippen molar-refractivity contribution in [3.8, 4) is 0 Å². The first-order valence-electron chi connectivity index (χ1n) is 7.01. The van der Waals surface area contributed by atoms with Gasteiger partial charge in [-0.05, 0) is 25.5 Å². The molecule has 1 aromatic carbocycles. The van der Waals surface area contributed by atoms with Crippen LogP contribution in [0, 0.1) is 5.92 Å². The number of ketones is 1. The van der Waals surface area contributed by atoms with Crippen molar-refractivity contribution in [1.29, 1.82) is 0 Å². The zero-order valence-corrected chi connectivity index (χ0v) is 14.4. The Hall–Kier alpha value is -1.96. The SMILES string of the molecule is C/C(S)=C(/N)C(=O)O.CCC(C)C(=O)c1cccc(C(F)(F)F)c1. The molecule has 0 aliphatic carbocycles. The van der Waals surface area contributed by atoms with Gasteiger partial charge in [0.1, 0.15) is 5.70 Å². The van der Waals surface area contributed by atoms with Crippen LogP contribution in [-0.4, -0.2) is 16.9 Å². The zero-order valence-electron chi connectivity index (χ0n) is 13.5. The van der Waals surface area contributed by atoms with Crippen molar-refractivity contribution in [2.45, 2.75) is 33.4 Å². The van der Waals surface area contributed by atoms with Crippen LogP contribution in [0.15, 0.2) is 34.9 Å². The van der Waals surface area contributed by atoms with Crippen LogP contribution in [0.5, 0.6) is 0 Å². The van der Waals surface area contributed by atoms with E-state index in [0.717, 1.165) is 12.1 Å². The second kappa shape index (κ2) is 9.36. The Balaban J connectivity index is 0.000000561. The van der Waals surface area contributed by atoms with E-state index in [-0.39, 0.29) is 23.0 Å². The van der Waals surface area contributed by atoms with Crippen LogP contribution in [0.4, 0.5) is 13.2 Å². The fourth-order valence-corrected chi connectivity index (χ4v) is 1.57.